The minimum Gasteiger partial charge on any atom is -0.379 e. The quantitative estimate of drug-likeness (QED) is 0.477. The van der Waals surface area contributed by atoms with E-state index in [1.165, 1.54) is 11.1 Å². The summed E-state index contributed by atoms with van der Waals surface area (Å²) in [4.78, 5) is 6.48. The summed E-state index contributed by atoms with van der Waals surface area (Å²) in [5.74, 6) is 0.919. The number of hydrogen-bond acceptors (Lipinski definition) is 2. The number of aliphatic imine (C=N–C) groups is 1. The number of benzene rings is 1. The number of hydrogen-bond donors (Lipinski definition) is 1. The summed E-state index contributed by atoms with van der Waals surface area (Å²) < 4.78 is 5.54. The van der Waals surface area contributed by atoms with E-state index >= 15 is 0 Å². The first-order valence-electron chi connectivity index (χ1n) is 7.62. The van der Waals surface area contributed by atoms with Crippen LogP contribution in [0.4, 0.5) is 0 Å². The average molecular weight is 291 g/mol. The van der Waals surface area contributed by atoms with Crippen LogP contribution in [0.15, 0.2) is 29.3 Å². The maximum Gasteiger partial charge on any atom is 0.193 e. The Kier molecular flexibility index (Phi) is 7.83. The van der Waals surface area contributed by atoms with E-state index in [0.29, 0.717) is 6.10 Å². The maximum absolute atomic E-state index is 5.54. The van der Waals surface area contributed by atoms with Crippen molar-refractivity contribution in [3.8, 4) is 0 Å². The van der Waals surface area contributed by atoms with Crippen molar-refractivity contribution in [3.63, 3.8) is 0 Å². The van der Waals surface area contributed by atoms with E-state index in [-0.39, 0.29) is 0 Å². The Morgan fingerprint density at radius 2 is 2.05 bits per heavy atom. The summed E-state index contributed by atoms with van der Waals surface area (Å²) in [7, 11) is 3.88. The van der Waals surface area contributed by atoms with Crippen LogP contribution in [0, 0.1) is 6.92 Å². The Morgan fingerprint density at radius 3 is 2.67 bits per heavy atom. The van der Waals surface area contributed by atoms with Crippen molar-refractivity contribution < 1.29 is 4.74 Å². The van der Waals surface area contributed by atoms with Crippen LogP contribution in [0.2, 0.25) is 0 Å². The van der Waals surface area contributed by atoms with Gasteiger partial charge in [0.1, 0.15) is 0 Å². The van der Waals surface area contributed by atoms with Gasteiger partial charge in [-0.3, -0.25) is 4.99 Å². The highest BCUT2D eigenvalue weighted by Gasteiger charge is 2.07. The van der Waals surface area contributed by atoms with Gasteiger partial charge < -0.3 is 15.0 Å². The van der Waals surface area contributed by atoms with Crippen molar-refractivity contribution in [2.24, 2.45) is 4.99 Å². The van der Waals surface area contributed by atoms with E-state index in [4.69, 9.17) is 4.74 Å². The van der Waals surface area contributed by atoms with Gasteiger partial charge >= 0.3 is 0 Å². The molecule has 1 rings (SSSR count). The van der Waals surface area contributed by atoms with E-state index in [9.17, 15) is 0 Å². The molecule has 1 aromatic carbocycles. The smallest absolute Gasteiger partial charge is 0.193 e. The van der Waals surface area contributed by atoms with Crippen LogP contribution in [-0.2, 0) is 11.3 Å². The van der Waals surface area contributed by atoms with Crippen LogP contribution in [0.5, 0.6) is 0 Å². The normalized spacial score (nSPS) is 11.8. The molecule has 0 aliphatic heterocycles. The van der Waals surface area contributed by atoms with Crippen LogP contribution in [0.3, 0.4) is 0 Å². The Balaban J connectivity index is 2.40. The molecule has 0 saturated carbocycles. The van der Waals surface area contributed by atoms with E-state index in [1.807, 2.05) is 7.05 Å². The summed E-state index contributed by atoms with van der Waals surface area (Å²) >= 11 is 0. The van der Waals surface area contributed by atoms with E-state index in [0.717, 1.165) is 32.1 Å². The Morgan fingerprint density at radius 1 is 1.33 bits per heavy atom. The molecule has 21 heavy (non-hydrogen) atoms. The van der Waals surface area contributed by atoms with Gasteiger partial charge in [0.2, 0.25) is 0 Å². The fraction of sp³-hybridized carbons (Fsp3) is 0.588. The molecule has 4 nitrogen and oxygen atoms in total. The van der Waals surface area contributed by atoms with Crippen molar-refractivity contribution in [1.29, 1.82) is 0 Å². The Hall–Kier alpha value is -1.55. The van der Waals surface area contributed by atoms with Crippen molar-refractivity contribution >= 4 is 5.96 Å². The van der Waals surface area contributed by atoms with Crippen LogP contribution >= 0.6 is 0 Å². The third kappa shape index (κ3) is 6.63. The monoisotopic (exact) mass is 291 g/mol. The first kappa shape index (κ1) is 17.5. The lowest BCUT2D eigenvalue weighted by atomic mass is 10.1. The second-order valence-corrected chi connectivity index (χ2v) is 5.53. The van der Waals surface area contributed by atoms with Crippen LogP contribution < -0.4 is 5.32 Å². The van der Waals surface area contributed by atoms with E-state index in [2.05, 4.69) is 67.3 Å². The third-order valence-corrected chi connectivity index (χ3v) is 3.30. The van der Waals surface area contributed by atoms with Gasteiger partial charge in [-0.2, -0.15) is 0 Å². The molecular formula is C17H29N3O. The zero-order valence-corrected chi connectivity index (χ0v) is 14.0. The molecular weight excluding hydrogens is 262 g/mol. The van der Waals surface area contributed by atoms with Gasteiger partial charge in [-0.15, -0.1) is 0 Å². The molecule has 0 heterocycles. The van der Waals surface area contributed by atoms with Crippen LogP contribution in [-0.4, -0.2) is 44.2 Å². The topological polar surface area (TPSA) is 36.9 Å². The Bertz CT molecular complexity index is 443. The molecule has 0 aliphatic carbocycles. The number of guanidine groups is 1. The molecule has 4 heteroatoms. The third-order valence-electron chi connectivity index (χ3n) is 3.30. The summed E-state index contributed by atoms with van der Waals surface area (Å²) in [6, 6.07) is 8.45. The van der Waals surface area contributed by atoms with Gasteiger partial charge in [-0.05, 0) is 38.3 Å². The largest absolute Gasteiger partial charge is 0.379 e. The fourth-order valence-corrected chi connectivity index (χ4v) is 2.09. The molecule has 0 bridgehead atoms. The van der Waals surface area contributed by atoms with Gasteiger partial charge in [0.25, 0.3) is 0 Å². The van der Waals surface area contributed by atoms with Gasteiger partial charge in [0.05, 0.1) is 6.10 Å². The maximum atomic E-state index is 5.54. The lowest BCUT2D eigenvalue weighted by molar-refractivity contribution is 0.0776. The Labute approximate surface area is 129 Å². The number of nitrogens with one attached hydrogen (secondary N) is 1. The zero-order chi connectivity index (χ0) is 15.7. The molecule has 0 fully saturated rings. The first-order chi connectivity index (χ1) is 10.0. The molecule has 0 amide bonds. The van der Waals surface area contributed by atoms with E-state index < -0.39 is 0 Å². The number of aryl methyl sites for hydroxylation is 1. The second-order valence-electron chi connectivity index (χ2n) is 5.53. The summed E-state index contributed by atoms with van der Waals surface area (Å²) in [6.07, 6.45) is 1.28. The summed E-state index contributed by atoms with van der Waals surface area (Å²) in [5, 5.41) is 3.38. The molecule has 0 radical (unpaired) electrons. The zero-order valence-electron chi connectivity index (χ0n) is 14.0. The highest BCUT2D eigenvalue weighted by atomic mass is 16.5. The van der Waals surface area contributed by atoms with Crippen LogP contribution in [0.25, 0.3) is 0 Å². The van der Waals surface area contributed by atoms with Gasteiger partial charge in [0, 0.05) is 33.8 Å². The molecule has 0 saturated heterocycles. The van der Waals surface area contributed by atoms with Crippen LogP contribution in [0.1, 0.15) is 31.4 Å². The summed E-state index contributed by atoms with van der Waals surface area (Å²) in [6.45, 7) is 8.77. The van der Waals surface area contributed by atoms with Gasteiger partial charge in [-0.25, -0.2) is 0 Å². The number of ether oxygens (including phenoxy) is 1. The van der Waals surface area contributed by atoms with Crippen molar-refractivity contribution in [2.75, 3.05) is 27.2 Å². The SMILES string of the molecule is CN=C(NCCCOC(C)C)N(C)Cc1ccccc1C. The molecule has 1 N–H and O–H groups in total. The molecule has 0 atom stereocenters. The predicted octanol–water partition coefficient (Wildman–Crippen LogP) is 2.82. The fourth-order valence-electron chi connectivity index (χ4n) is 2.09. The number of rotatable bonds is 7. The lowest BCUT2D eigenvalue weighted by Crippen LogP contribution is -2.39. The molecule has 0 spiro atoms. The minimum absolute atomic E-state index is 0.299. The standard InChI is InChI=1S/C17H29N3O/c1-14(2)21-12-8-11-19-17(18-4)20(5)13-16-10-7-6-9-15(16)3/h6-7,9-10,14H,8,11-13H2,1-5H3,(H,18,19). The second kappa shape index (κ2) is 9.40. The number of nitrogens with zero attached hydrogens (tertiary/aromatic N) is 2. The average Bonchev–Trinajstić information content (AvgIpc) is 2.45. The molecule has 0 unspecified atom stereocenters. The summed E-state index contributed by atoms with van der Waals surface area (Å²) in [5.41, 5.74) is 2.64. The first-order valence-corrected chi connectivity index (χ1v) is 7.62. The van der Waals surface area contributed by atoms with Crippen molar-refractivity contribution in [3.05, 3.63) is 35.4 Å². The van der Waals surface area contributed by atoms with Gasteiger partial charge in [-0.1, -0.05) is 24.3 Å². The van der Waals surface area contributed by atoms with Crippen molar-refractivity contribution in [1.82, 2.24) is 10.2 Å². The van der Waals surface area contributed by atoms with E-state index in [1.54, 1.807) is 0 Å². The lowest BCUT2D eigenvalue weighted by Gasteiger charge is -2.23. The molecule has 118 valence electrons. The predicted molar refractivity (Wildman–Crippen MR) is 89.7 cm³/mol. The molecule has 0 aromatic heterocycles. The van der Waals surface area contributed by atoms with Gasteiger partial charge in [0.15, 0.2) is 5.96 Å². The molecule has 1 aromatic rings. The van der Waals surface area contributed by atoms with Crippen molar-refractivity contribution in [2.45, 2.75) is 39.8 Å². The highest BCUT2D eigenvalue weighted by molar-refractivity contribution is 5.79. The highest BCUT2D eigenvalue weighted by Crippen LogP contribution is 2.09. The molecule has 0 aliphatic rings. The minimum atomic E-state index is 0.299.